The van der Waals surface area contributed by atoms with E-state index in [1.807, 2.05) is 32.0 Å². The summed E-state index contributed by atoms with van der Waals surface area (Å²) in [5.41, 5.74) is 1.15. The Morgan fingerprint density at radius 2 is 1.68 bits per heavy atom. The highest BCUT2D eigenvalue weighted by Crippen LogP contribution is 2.53. The molecule has 0 aromatic heterocycles. The number of hydrogen-bond donors (Lipinski definition) is 4. The second kappa shape index (κ2) is 8.64. The number of phenolic OH excluding ortho intramolecular Hbond substituents is 1. The number of nitrogens with zero attached hydrogens (tertiary/aromatic N) is 1. The predicted molar refractivity (Wildman–Crippen MR) is 140 cm³/mol. The Kier molecular flexibility index (Phi) is 5.89. The molecule has 8 heteroatoms. The lowest BCUT2D eigenvalue weighted by Gasteiger charge is -2.50. The van der Waals surface area contributed by atoms with Crippen LogP contribution in [0.4, 0.5) is 0 Å². The van der Waals surface area contributed by atoms with Crippen LogP contribution < -0.4 is 0 Å². The monoisotopic (exact) mass is 517 g/mol. The van der Waals surface area contributed by atoms with E-state index in [1.165, 1.54) is 6.07 Å². The highest BCUT2D eigenvalue weighted by atomic mass is 16.3. The fraction of sp³-hybridized carbons (Fsp3) is 0.367. The van der Waals surface area contributed by atoms with Crippen molar-refractivity contribution in [1.82, 2.24) is 4.90 Å². The van der Waals surface area contributed by atoms with Gasteiger partial charge in [-0.2, -0.15) is 0 Å². The molecule has 0 unspecified atom stereocenters. The predicted octanol–water partition coefficient (Wildman–Crippen LogP) is 3.51. The third-order valence-electron chi connectivity index (χ3n) is 8.38. The molecule has 0 bridgehead atoms. The van der Waals surface area contributed by atoms with Gasteiger partial charge in [-0.3, -0.25) is 19.3 Å². The molecule has 198 valence electrons. The molecule has 0 saturated carbocycles. The van der Waals surface area contributed by atoms with Gasteiger partial charge in [-0.1, -0.05) is 29.8 Å². The van der Waals surface area contributed by atoms with Crippen LogP contribution in [-0.4, -0.2) is 68.4 Å². The van der Waals surface area contributed by atoms with Crippen molar-refractivity contribution in [3.63, 3.8) is 0 Å². The second-order valence-electron chi connectivity index (χ2n) is 11.0. The van der Waals surface area contributed by atoms with Crippen LogP contribution in [0.25, 0.3) is 11.1 Å². The van der Waals surface area contributed by atoms with Gasteiger partial charge in [0.2, 0.25) is 5.78 Å². The molecule has 0 aliphatic heterocycles. The van der Waals surface area contributed by atoms with Crippen LogP contribution in [0, 0.1) is 25.7 Å². The molecule has 3 aliphatic rings. The highest BCUT2D eigenvalue weighted by Gasteiger charge is 2.63. The van der Waals surface area contributed by atoms with Gasteiger partial charge in [0.1, 0.15) is 22.8 Å². The van der Waals surface area contributed by atoms with E-state index in [4.69, 9.17) is 0 Å². The zero-order valence-corrected chi connectivity index (χ0v) is 22.0. The summed E-state index contributed by atoms with van der Waals surface area (Å²) in [6.07, 6.45) is 0.357. The van der Waals surface area contributed by atoms with Crippen LogP contribution in [0.15, 0.2) is 53.0 Å². The van der Waals surface area contributed by atoms with Crippen molar-refractivity contribution >= 4 is 17.3 Å². The standard InChI is InChI=1S/C30H31NO7/c1-13-6-7-17(14(2)10-13)18-8-9-21(33)24-19(18)11-16-12-20-25(31(4)5)27(35)22(15(3)32)28(36)30(20,38)29(37)23(16)26(24)34/h6-10,16,20,25,33,35,37-38H,11-12H2,1-5H3/t16-,20-,25-,30+/m0/s1. The lowest BCUT2D eigenvalue weighted by atomic mass is 9.58. The molecule has 0 spiro atoms. The number of fused-ring (bicyclic) bond motifs is 3. The van der Waals surface area contributed by atoms with Crippen molar-refractivity contribution in [2.45, 2.75) is 45.3 Å². The quantitative estimate of drug-likeness (QED) is 0.455. The van der Waals surface area contributed by atoms with Gasteiger partial charge in [0.05, 0.1) is 11.6 Å². The van der Waals surface area contributed by atoms with Crippen LogP contribution in [0.3, 0.4) is 0 Å². The molecule has 2 aromatic rings. The van der Waals surface area contributed by atoms with Crippen LogP contribution in [0.2, 0.25) is 0 Å². The van der Waals surface area contributed by atoms with Gasteiger partial charge in [0.25, 0.3) is 0 Å². The Hall–Kier alpha value is -3.75. The summed E-state index contributed by atoms with van der Waals surface area (Å²) in [6.45, 7) is 5.06. The second-order valence-corrected chi connectivity index (χ2v) is 11.0. The lowest BCUT2D eigenvalue weighted by Crippen LogP contribution is -2.63. The first-order valence-corrected chi connectivity index (χ1v) is 12.6. The number of ketones is 3. The number of rotatable bonds is 3. The van der Waals surface area contributed by atoms with Gasteiger partial charge < -0.3 is 20.4 Å². The first kappa shape index (κ1) is 25.9. The summed E-state index contributed by atoms with van der Waals surface area (Å²) in [4.78, 5) is 41.2. The minimum absolute atomic E-state index is 0.0277. The van der Waals surface area contributed by atoms with E-state index < -0.39 is 57.9 Å². The topological polar surface area (TPSA) is 135 Å². The van der Waals surface area contributed by atoms with Gasteiger partial charge in [0.15, 0.2) is 17.2 Å². The van der Waals surface area contributed by atoms with Crippen LogP contribution in [-0.2, 0) is 16.0 Å². The number of aliphatic hydroxyl groups is 3. The third-order valence-corrected chi connectivity index (χ3v) is 8.38. The molecule has 4 atom stereocenters. The highest BCUT2D eigenvalue weighted by molar-refractivity contribution is 6.25. The number of aliphatic hydroxyl groups excluding tert-OH is 2. The van der Waals surface area contributed by atoms with Gasteiger partial charge >= 0.3 is 0 Å². The molecule has 0 fully saturated rings. The summed E-state index contributed by atoms with van der Waals surface area (Å²) in [7, 11) is 3.28. The maximum atomic E-state index is 13.9. The van der Waals surface area contributed by atoms with E-state index in [0.717, 1.165) is 29.2 Å². The van der Waals surface area contributed by atoms with E-state index >= 15 is 0 Å². The molecule has 8 nitrogen and oxygen atoms in total. The van der Waals surface area contributed by atoms with Crippen molar-refractivity contribution in [1.29, 1.82) is 0 Å². The van der Waals surface area contributed by atoms with E-state index in [0.29, 0.717) is 5.56 Å². The van der Waals surface area contributed by atoms with E-state index in [9.17, 15) is 34.8 Å². The molecule has 38 heavy (non-hydrogen) atoms. The number of phenols is 1. The van der Waals surface area contributed by atoms with E-state index in [1.54, 1.807) is 25.1 Å². The molecule has 5 rings (SSSR count). The average Bonchev–Trinajstić information content (AvgIpc) is 2.81. The summed E-state index contributed by atoms with van der Waals surface area (Å²) >= 11 is 0. The Morgan fingerprint density at radius 3 is 2.29 bits per heavy atom. The van der Waals surface area contributed by atoms with Crippen molar-refractivity contribution in [3.8, 4) is 16.9 Å². The molecule has 0 heterocycles. The third kappa shape index (κ3) is 3.40. The molecular formula is C30H31NO7. The van der Waals surface area contributed by atoms with Crippen molar-refractivity contribution < 1.29 is 34.8 Å². The van der Waals surface area contributed by atoms with Crippen LogP contribution >= 0.6 is 0 Å². The summed E-state index contributed by atoms with van der Waals surface area (Å²) in [5.74, 6) is -5.66. The van der Waals surface area contributed by atoms with Crippen molar-refractivity contribution in [2.75, 3.05) is 14.1 Å². The average molecular weight is 518 g/mol. The number of Topliss-reactive ketones (excluding diaryl/α,β-unsaturated/α-hetero) is 3. The zero-order valence-electron chi connectivity index (χ0n) is 22.0. The minimum atomic E-state index is -2.57. The van der Waals surface area contributed by atoms with Crippen molar-refractivity contribution in [3.05, 3.63) is 75.3 Å². The van der Waals surface area contributed by atoms with Gasteiger partial charge in [-0.05, 0) is 81.9 Å². The zero-order chi connectivity index (χ0) is 27.8. The lowest BCUT2D eigenvalue weighted by molar-refractivity contribution is -0.148. The number of likely N-dealkylation sites (N-methyl/N-ethyl adjacent to an activating group) is 1. The summed E-state index contributed by atoms with van der Waals surface area (Å²) < 4.78 is 0. The molecular weight excluding hydrogens is 486 g/mol. The number of benzene rings is 2. The Labute approximate surface area is 220 Å². The van der Waals surface area contributed by atoms with Gasteiger partial charge in [-0.15, -0.1) is 0 Å². The number of hydrogen-bond acceptors (Lipinski definition) is 8. The Balaban J connectivity index is 1.73. The van der Waals surface area contributed by atoms with Crippen molar-refractivity contribution in [2.24, 2.45) is 11.8 Å². The largest absolute Gasteiger partial charge is 0.510 e. The SMILES string of the molecule is CC(=O)C1=C(O)[C@@H](N(C)C)[C@@H]2C[C@@H]3Cc4c(-c5ccc(C)cc5C)ccc(O)c4C(=O)C3=C(O)[C@]2(O)C1=O. The fourth-order valence-electron chi connectivity index (χ4n) is 6.72. The molecule has 3 aliphatic carbocycles. The number of carbonyl (C=O) groups excluding carboxylic acids is 3. The number of carbonyl (C=O) groups is 3. The van der Waals surface area contributed by atoms with E-state index in [-0.39, 0.29) is 29.7 Å². The van der Waals surface area contributed by atoms with Crippen LogP contribution in [0.1, 0.15) is 40.4 Å². The fourth-order valence-corrected chi connectivity index (χ4v) is 6.72. The maximum absolute atomic E-state index is 13.9. The summed E-state index contributed by atoms with van der Waals surface area (Å²) in [6, 6.07) is 8.24. The minimum Gasteiger partial charge on any atom is -0.510 e. The molecule has 2 aromatic carbocycles. The van der Waals surface area contributed by atoms with E-state index in [2.05, 4.69) is 0 Å². The molecule has 4 N–H and O–H groups in total. The normalized spacial score (nSPS) is 26.9. The first-order chi connectivity index (χ1) is 17.8. The number of allylic oxidation sites excluding steroid dienone is 1. The molecule has 0 radical (unpaired) electrons. The van der Waals surface area contributed by atoms with Gasteiger partial charge in [0, 0.05) is 11.5 Å². The maximum Gasteiger partial charge on any atom is 0.209 e. The Bertz CT molecular complexity index is 1500. The number of aryl methyl sites for hydroxylation is 2. The smallest absolute Gasteiger partial charge is 0.209 e. The van der Waals surface area contributed by atoms with Crippen LogP contribution in [0.5, 0.6) is 5.75 Å². The Morgan fingerprint density at radius 1 is 1.03 bits per heavy atom. The van der Waals surface area contributed by atoms with Gasteiger partial charge in [-0.25, -0.2) is 0 Å². The molecule has 0 saturated heterocycles. The number of aromatic hydroxyl groups is 1. The summed E-state index contributed by atoms with van der Waals surface area (Å²) in [5, 5.41) is 44.9. The molecule has 0 amide bonds. The first-order valence-electron chi connectivity index (χ1n) is 12.6.